The van der Waals surface area contributed by atoms with Gasteiger partial charge in [0.1, 0.15) is 4.90 Å². The summed E-state index contributed by atoms with van der Waals surface area (Å²) in [7, 11) is -0.515. The molecule has 8 heteroatoms. The molecule has 1 aliphatic rings. The molecular weight excluding hydrogens is 310 g/mol. The van der Waals surface area contributed by atoms with Gasteiger partial charge in [-0.2, -0.15) is 0 Å². The molecule has 1 saturated carbocycles. The summed E-state index contributed by atoms with van der Waals surface area (Å²) in [6, 6.07) is 3.47. The lowest BCUT2D eigenvalue weighted by molar-refractivity contribution is -0.120. The lowest BCUT2D eigenvalue weighted by Crippen LogP contribution is -2.32. The number of hydrogen-bond donors (Lipinski definition) is 1. The highest BCUT2D eigenvalue weighted by Gasteiger charge is 2.26. The molecule has 1 fully saturated rings. The second-order valence-electron chi connectivity index (χ2n) is 5.16. The molecule has 0 aliphatic heterocycles. The highest BCUT2D eigenvalue weighted by Crippen LogP contribution is 2.25. The van der Waals surface area contributed by atoms with E-state index in [0.29, 0.717) is 11.1 Å². The Morgan fingerprint density at radius 2 is 2.10 bits per heavy atom. The number of hydrogen-bond acceptors (Lipinski definition) is 5. The van der Waals surface area contributed by atoms with Crippen molar-refractivity contribution in [3.05, 3.63) is 18.3 Å². The van der Waals surface area contributed by atoms with Crippen molar-refractivity contribution in [3.8, 4) is 0 Å². The Kier molecular flexibility index (Phi) is 4.90. The van der Waals surface area contributed by atoms with Crippen LogP contribution in [0.4, 0.5) is 0 Å². The van der Waals surface area contributed by atoms with Crippen LogP contribution in [0.25, 0.3) is 0 Å². The zero-order valence-electron chi connectivity index (χ0n) is 12.2. The van der Waals surface area contributed by atoms with Gasteiger partial charge in [-0.1, -0.05) is 11.8 Å². The average Bonchev–Trinajstić information content (AvgIpc) is 3.23. The Bertz CT molecular complexity index is 610. The molecule has 116 valence electrons. The predicted molar refractivity (Wildman–Crippen MR) is 81.6 cm³/mol. The molecule has 1 amide bonds. The average molecular weight is 329 g/mol. The van der Waals surface area contributed by atoms with Crippen LogP contribution in [-0.4, -0.2) is 49.0 Å². The minimum atomic E-state index is -3.46. The molecular formula is C13H19N3O3S2. The van der Waals surface area contributed by atoms with Crippen LogP contribution in [-0.2, 0) is 14.8 Å². The summed E-state index contributed by atoms with van der Waals surface area (Å²) in [6.45, 7) is 1.81. The molecule has 6 nitrogen and oxygen atoms in total. The summed E-state index contributed by atoms with van der Waals surface area (Å²) in [4.78, 5) is 16.1. The third-order valence-electron chi connectivity index (χ3n) is 3.08. The van der Waals surface area contributed by atoms with Crippen LogP contribution < -0.4 is 5.32 Å². The van der Waals surface area contributed by atoms with Crippen LogP contribution in [0.15, 0.2) is 28.3 Å². The van der Waals surface area contributed by atoms with Crippen LogP contribution in [0.5, 0.6) is 0 Å². The first kappa shape index (κ1) is 16.3. The van der Waals surface area contributed by atoms with Crippen molar-refractivity contribution in [1.29, 1.82) is 0 Å². The Balaban J connectivity index is 2.00. The fourth-order valence-corrected chi connectivity index (χ4v) is 3.23. The van der Waals surface area contributed by atoms with Crippen molar-refractivity contribution in [2.75, 3.05) is 14.1 Å². The number of rotatable bonds is 6. The van der Waals surface area contributed by atoms with Crippen molar-refractivity contribution in [2.45, 2.75) is 41.0 Å². The summed E-state index contributed by atoms with van der Waals surface area (Å²) in [5.74, 6) is -0.00529. The minimum absolute atomic E-state index is 0.00529. The first-order chi connectivity index (χ1) is 9.80. The van der Waals surface area contributed by atoms with E-state index in [2.05, 4.69) is 10.3 Å². The van der Waals surface area contributed by atoms with Crippen molar-refractivity contribution < 1.29 is 13.2 Å². The Morgan fingerprint density at radius 1 is 1.43 bits per heavy atom. The first-order valence-corrected chi connectivity index (χ1v) is 8.98. The molecule has 1 aliphatic carbocycles. The van der Waals surface area contributed by atoms with Gasteiger partial charge in [-0.3, -0.25) is 4.79 Å². The maximum absolute atomic E-state index is 11.9. The van der Waals surface area contributed by atoms with E-state index in [1.165, 1.54) is 38.1 Å². The van der Waals surface area contributed by atoms with Crippen LogP contribution in [0, 0.1) is 0 Å². The SMILES string of the molecule is CC(Sc1ccc(S(=O)(=O)N(C)C)cn1)C(=O)NC1CC1. The molecule has 0 aromatic carbocycles. The summed E-state index contributed by atoms with van der Waals surface area (Å²) in [6.07, 6.45) is 3.43. The highest BCUT2D eigenvalue weighted by molar-refractivity contribution is 8.00. The molecule has 1 unspecified atom stereocenters. The fourth-order valence-electron chi connectivity index (χ4n) is 1.58. The van der Waals surface area contributed by atoms with Crippen molar-refractivity contribution in [1.82, 2.24) is 14.6 Å². The van der Waals surface area contributed by atoms with Gasteiger partial charge in [-0.05, 0) is 31.9 Å². The maximum Gasteiger partial charge on any atom is 0.244 e. The molecule has 21 heavy (non-hydrogen) atoms. The number of carbonyl (C=O) groups excluding carboxylic acids is 1. The number of amides is 1. The van der Waals surface area contributed by atoms with E-state index in [-0.39, 0.29) is 16.1 Å². The second-order valence-corrected chi connectivity index (χ2v) is 8.68. The Hall–Kier alpha value is -1.12. The van der Waals surface area contributed by atoms with Crippen LogP contribution >= 0.6 is 11.8 Å². The smallest absolute Gasteiger partial charge is 0.244 e. The Labute approximate surface area is 129 Å². The van der Waals surface area contributed by atoms with Gasteiger partial charge >= 0.3 is 0 Å². The number of nitrogens with zero attached hydrogens (tertiary/aromatic N) is 2. The Morgan fingerprint density at radius 3 is 2.57 bits per heavy atom. The largest absolute Gasteiger partial charge is 0.352 e. The molecule has 0 saturated heterocycles. The van der Waals surface area contributed by atoms with Gasteiger partial charge < -0.3 is 5.32 Å². The second kappa shape index (κ2) is 6.33. The lowest BCUT2D eigenvalue weighted by atomic mass is 10.4. The summed E-state index contributed by atoms with van der Waals surface area (Å²) in [5.41, 5.74) is 0. The molecule has 1 atom stereocenters. The summed E-state index contributed by atoms with van der Waals surface area (Å²) < 4.78 is 25.0. The van der Waals surface area contributed by atoms with E-state index < -0.39 is 10.0 Å². The zero-order chi connectivity index (χ0) is 15.6. The monoisotopic (exact) mass is 329 g/mol. The summed E-state index contributed by atoms with van der Waals surface area (Å²) in [5, 5.41) is 3.31. The maximum atomic E-state index is 11.9. The standard InChI is InChI=1S/C13H19N3O3S2/c1-9(13(17)15-10-4-5-10)20-12-7-6-11(8-14-12)21(18,19)16(2)3/h6-10H,4-5H2,1-3H3,(H,15,17). The predicted octanol–water partition coefficient (Wildman–Crippen LogP) is 1.09. The number of aromatic nitrogens is 1. The number of nitrogens with one attached hydrogen (secondary N) is 1. The first-order valence-electron chi connectivity index (χ1n) is 6.66. The molecule has 1 heterocycles. The van der Waals surface area contributed by atoms with Gasteiger partial charge in [-0.15, -0.1) is 0 Å². The zero-order valence-corrected chi connectivity index (χ0v) is 13.9. The fraction of sp³-hybridized carbons (Fsp3) is 0.538. The van der Waals surface area contributed by atoms with Crippen molar-refractivity contribution in [3.63, 3.8) is 0 Å². The van der Waals surface area contributed by atoms with E-state index in [1.54, 1.807) is 6.07 Å². The highest BCUT2D eigenvalue weighted by atomic mass is 32.2. The number of thioether (sulfide) groups is 1. The normalized spacial score (nSPS) is 16.8. The van der Waals surface area contributed by atoms with E-state index in [1.807, 2.05) is 6.92 Å². The van der Waals surface area contributed by atoms with Crippen LogP contribution in [0.2, 0.25) is 0 Å². The van der Waals surface area contributed by atoms with Gasteiger partial charge in [0, 0.05) is 26.3 Å². The molecule has 1 aromatic heterocycles. The van der Waals surface area contributed by atoms with Gasteiger partial charge in [0.25, 0.3) is 0 Å². The number of pyridine rings is 1. The van der Waals surface area contributed by atoms with Gasteiger partial charge in [-0.25, -0.2) is 17.7 Å². The third-order valence-corrected chi connectivity index (χ3v) is 5.93. The van der Waals surface area contributed by atoms with E-state index in [0.717, 1.165) is 17.1 Å². The summed E-state index contributed by atoms with van der Waals surface area (Å²) >= 11 is 1.32. The lowest BCUT2D eigenvalue weighted by Gasteiger charge is -2.13. The molecule has 0 bridgehead atoms. The van der Waals surface area contributed by atoms with Gasteiger partial charge in [0.05, 0.1) is 10.3 Å². The van der Waals surface area contributed by atoms with Gasteiger partial charge in [0.2, 0.25) is 15.9 Å². The van der Waals surface area contributed by atoms with Crippen LogP contribution in [0.1, 0.15) is 19.8 Å². The van der Waals surface area contributed by atoms with E-state index in [4.69, 9.17) is 0 Å². The molecule has 1 aromatic rings. The van der Waals surface area contributed by atoms with Crippen molar-refractivity contribution in [2.24, 2.45) is 0 Å². The molecule has 1 N–H and O–H groups in total. The van der Waals surface area contributed by atoms with Crippen molar-refractivity contribution >= 4 is 27.7 Å². The topological polar surface area (TPSA) is 79.4 Å². The van der Waals surface area contributed by atoms with E-state index in [9.17, 15) is 13.2 Å². The number of sulfonamides is 1. The molecule has 2 rings (SSSR count). The minimum Gasteiger partial charge on any atom is -0.352 e. The number of carbonyl (C=O) groups is 1. The molecule has 0 radical (unpaired) electrons. The van der Waals surface area contributed by atoms with Gasteiger partial charge in [0.15, 0.2) is 0 Å². The molecule has 0 spiro atoms. The van der Waals surface area contributed by atoms with Crippen LogP contribution in [0.3, 0.4) is 0 Å². The quantitative estimate of drug-likeness (QED) is 0.790. The third kappa shape index (κ3) is 4.18. The van der Waals surface area contributed by atoms with E-state index >= 15 is 0 Å².